The first-order chi connectivity index (χ1) is 9.60. The van der Waals surface area contributed by atoms with Gasteiger partial charge in [0.05, 0.1) is 19.9 Å². The third kappa shape index (κ3) is 3.63. The van der Waals surface area contributed by atoms with E-state index in [0.717, 1.165) is 17.1 Å². The molecule has 0 aliphatic heterocycles. The predicted octanol–water partition coefficient (Wildman–Crippen LogP) is 0.600. The van der Waals surface area contributed by atoms with E-state index in [2.05, 4.69) is 4.90 Å². The molecule has 0 spiro atoms. The van der Waals surface area contributed by atoms with Gasteiger partial charge in [0.25, 0.3) is 0 Å². The van der Waals surface area contributed by atoms with Crippen molar-refractivity contribution in [2.45, 2.75) is 13.1 Å². The van der Waals surface area contributed by atoms with E-state index in [4.69, 9.17) is 9.15 Å². The van der Waals surface area contributed by atoms with Gasteiger partial charge >= 0.3 is 7.12 Å². The van der Waals surface area contributed by atoms with Crippen molar-refractivity contribution >= 4 is 12.6 Å². The zero-order valence-electron chi connectivity index (χ0n) is 11.6. The number of rotatable bonds is 6. The average Bonchev–Trinajstić information content (AvgIpc) is 2.91. The van der Waals surface area contributed by atoms with Crippen LogP contribution in [0.4, 0.5) is 0 Å². The molecule has 1 heterocycles. The highest BCUT2D eigenvalue weighted by atomic mass is 16.5. The van der Waals surface area contributed by atoms with Crippen LogP contribution in [0.15, 0.2) is 41.0 Å². The molecule has 0 bridgehead atoms. The third-order valence-electron chi connectivity index (χ3n) is 3.05. The maximum atomic E-state index is 9.24. The fourth-order valence-electron chi connectivity index (χ4n) is 2.10. The molecule has 0 unspecified atom stereocenters. The fraction of sp³-hybridized carbons (Fsp3) is 0.286. The van der Waals surface area contributed by atoms with Crippen molar-refractivity contribution in [1.82, 2.24) is 4.90 Å². The zero-order valence-corrected chi connectivity index (χ0v) is 11.6. The van der Waals surface area contributed by atoms with Crippen molar-refractivity contribution in [2.24, 2.45) is 0 Å². The molecule has 6 heteroatoms. The first-order valence-electron chi connectivity index (χ1n) is 6.34. The van der Waals surface area contributed by atoms with Gasteiger partial charge in [-0.25, -0.2) is 0 Å². The van der Waals surface area contributed by atoms with E-state index < -0.39 is 7.12 Å². The number of ether oxygens (including phenoxy) is 1. The Bertz CT molecular complexity index is 542. The molecule has 0 saturated carbocycles. The number of hydrogen-bond acceptors (Lipinski definition) is 5. The summed E-state index contributed by atoms with van der Waals surface area (Å²) in [4.78, 5) is 2.06. The van der Waals surface area contributed by atoms with Gasteiger partial charge in [0.15, 0.2) is 0 Å². The Labute approximate surface area is 118 Å². The van der Waals surface area contributed by atoms with E-state index in [1.54, 1.807) is 31.6 Å². The smallest absolute Gasteiger partial charge is 0.488 e. The Balaban J connectivity index is 2.12. The minimum Gasteiger partial charge on any atom is -0.496 e. The number of methoxy groups -OCH3 is 1. The molecule has 0 radical (unpaired) electrons. The molecule has 0 fully saturated rings. The van der Waals surface area contributed by atoms with Gasteiger partial charge in [-0.15, -0.1) is 0 Å². The summed E-state index contributed by atoms with van der Waals surface area (Å²) < 4.78 is 10.6. The van der Waals surface area contributed by atoms with E-state index in [9.17, 15) is 10.0 Å². The normalized spacial score (nSPS) is 10.8. The van der Waals surface area contributed by atoms with Crippen LogP contribution in [-0.4, -0.2) is 36.2 Å². The molecule has 5 nitrogen and oxygen atoms in total. The largest absolute Gasteiger partial charge is 0.496 e. The van der Waals surface area contributed by atoms with Gasteiger partial charge < -0.3 is 19.2 Å². The van der Waals surface area contributed by atoms with Crippen molar-refractivity contribution in [2.75, 3.05) is 14.2 Å². The Hall–Kier alpha value is -1.76. The maximum absolute atomic E-state index is 9.24. The van der Waals surface area contributed by atoms with Gasteiger partial charge in [0.1, 0.15) is 11.5 Å². The van der Waals surface area contributed by atoms with E-state index in [-0.39, 0.29) is 0 Å². The van der Waals surface area contributed by atoms with Gasteiger partial charge in [-0.2, -0.15) is 0 Å². The Morgan fingerprint density at radius 2 is 2.05 bits per heavy atom. The number of furan rings is 1. The second-order valence-electron chi connectivity index (χ2n) is 4.70. The van der Waals surface area contributed by atoms with Crippen molar-refractivity contribution < 1.29 is 19.2 Å². The van der Waals surface area contributed by atoms with Crippen LogP contribution in [-0.2, 0) is 13.1 Å². The van der Waals surface area contributed by atoms with Crippen LogP contribution in [0, 0.1) is 0 Å². The SMILES string of the molecule is COc1ccc(B(O)O)cc1CN(C)Cc1ccco1. The molecule has 0 saturated heterocycles. The quantitative estimate of drug-likeness (QED) is 0.756. The third-order valence-corrected chi connectivity index (χ3v) is 3.05. The van der Waals surface area contributed by atoms with Crippen LogP contribution in [0.1, 0.15) is 11.3 Å². The first-order valence-corrected chi connectivity index (χ1v) is 6.34. The summed E-state index contributed by atoms with van der Waals surface area (Å²) in [5.74, 6) is 1.60. The molecule has 0 amide bonds. The minimum atomic E-state index is -1.48. The molecule has 2 N–H and O–H groups in total. The topological polar surface area (TPSA) is 66.1 Å². The molecule has 0 aliphatic rings. The summed E-state index contributed by atoms with van der Waals surface area (Å²) in [5, 5.41) is 18.5. The standard InChI is InChI=1S/C14H18BNO4/c1-16(10-13-4-3-7-20-13)9-11-8-12(15(17)18)5-6-14(11)19-2/h3-8,17-18H,9-10H2,1-2H3. The van der Waals surface area contributed by atoms with Gasteiger partial charge in [-0.05, 0) is 30.7 Å². The highest BCUT2D eigenvalue weighted by Crippen LogP contribution is 2.19. The number of hydrogen-bond donors (Lipinski definition) is 2. The summed E-state index contributed by atoms with van der Waals surface area (Å²) >= 11 is 0. The molecular formula is C14H18BNO4. The Kier molecular flexibility index (Phi) is 4.84. The van der Waals surface area contributed by atoms with Crippen LogP contribution in [0.5, 0.6) is 5.75 Å². The van der Waals surface area contributed by atoms with Gasteiger partial charge in [0, 0.05) is 12.1 Å². The molecule has 1 aromatic carbocycles. The van der Waals surface area contributed by atoms with Crippen LogP contribution in [0.3, 0.4) is 0 Å². The second-order valence-corrected chi connectivity index (χ2v) is 4.70. The lowest BCUT2D eigenvalue weighted by atomic mass is 9.79. The zero-order chi connectivity index (χ0) is 14.5. The highest BCUT2D eigenvalue weighted by Gasteiger charge is 2.15. The van der Waals surface area contributed by atoms with Gasteiger partial charge in [0.2, 0.25) is 0 Å². The van der Waals surface area contributed by atoms with Crippen molar-refractivity contribution in [3.05, 3.63) is 47.9 Å². The van der Waals surface area contributed by atoms with Crippen LogP contribution >= 0.6 is 0 Å². The Morgan fingerprint density at radius 3 is 2.65 bits per heavy atom. The van der Waals surface area contributed by atoms with Gasteiger partial charge in [-0.1, -0.05) is 12.1 Å². The highest BCUT2D eigenvalue weighted by molar-refractivity contribution is 6.58. The number of benzene rings is 1. The fourth-order valence-corrected chi connectivity index (χ4v) is 2.10. The van der Waals surface area contributed by atoms with Crippen molar-refractivity contribution in [1.29, 1.82) is 0 Å². The summed E-state index contributed by atoms with van der Waals surface area (Å²) in [6, 6.07) is 8.89. The maximum Gasteiger partial charge on any atom is 0.488 e. The Morgan fingerprint density at radius 1 is 1.25 bits per heavy atom. The molecule has 0 aliphatic carbocycles. The predicted molar refractivity (Wildman–Crippen MR) is 76.7 cm³/mol. The average molecular weight is 275 g/mol. The van der Waals surface area contributed by atoms with Crippen LogP contribution in [0.25, 0.3) is 0 Å². The second kappa shape index (κ2) is 6.61. The van der Waals surface area contributed by atoms with Gasteiger partial charge in [-0.3, -0.25) is 4.90 Å². The van der Waals surface area contributed by atoms with Crippen LogP contribution in [0.2, 0.25) is 0 Å². The summed E-state index contributed by atoms with van der Waals surface area (Å²) in [5.41, 5.74) is 1.35. The molecular weight excluding hydrogens is 257 g/mol. The van der Waals surface area contributed by atoms with Crippen LogP contribution < -0.4 is 10.2 Å². The summed E-state index contributed by atoms with van der Waals surface area (Å²) in [6.07, 6.45) is 1.65. The lowest BCUT2D eigenvalue weighted by Crippen LogP contribution is -2.30. The van der Waals surface area contributed by atoms with Crippen molar-refractivity contribution in [3.8, 4) is 5.75 Å². The van der Waals surface area contributed by atoms with E-state index >= 15 is 0 Å². The van der Waals surface area contributed by atoms with Crippen molar-refractivity contribution in [3.63, 3.8) is 0 Å². The summed E-state index contributed by atoms with van der Waals surface area (Å²) in [7, 11) is 2.08. The number of nitrogens with zero attached hydrogens (tertiary/aromatic N) is 1. The monoisotopic (exact) mass is 275 g/mol. The van der Waals surface area contributed by atoms with E-state index in [0.29, 0.717) is 18.6 Å². The lowest BCUT2D eigenvalue weighted by Gasteiger charge is -2.18. The molecule has 2 aromatic rings. The summed E-state index contributed by atoms with van der Waals surface area (Å²) in [6.45, 7) is 1.28. The molecule has 0 atom stereocenters. The molecule has 20 heavy (non-hydrogen) atoms. The van der Waals surface area contributed by atoms with E-state index in [1.807, 2.05) is 19.2 Å². The first kappa shape index (κ1) is 14.6. The minimum absolute atomic E-state index is 0.451. The molecule has 2 rings (SSSR count). The van der Waals surface area contributed by atoms with E-state index in [1.165, 1.54) is 0 Å². The molecule has 106 valence electrons. The molecule has 1 aromatic heterocycles. The lowest BCUT2D eigenvalue weighted by molar-refractivity contribution is 0.282.